The van der Waals surface area contributed by atoms with Crippen LogP contribution in [0.15, 0.2) is 0 Å². The zero-order valence-electron chi connectivity index (χ0n) is 21.9. The summed E-state index contributed by atoms with van der Waals surface area (Å²) in [5.41, 5.74) is -5.91. The molecule has 0 aromatic rings. The van der Waals surface area contributed by atoms with E-state index in [9.17, 15) is 39.6 Å². The molecule has 0 bridgehead atoms. The van der Waals surface area contributed by atoms with Gasteiger partial charge in [0.2, 0.25) is 0 Å². The van der Waals surface area contributed by atoms with Crippen LogP contribution in [-0.2, 0) is 19.2 Å². The van der Waals surface area contributed by atoms with Crippen LogP contribution in [0.4, 0.5) is 0 Å². The number of hydrogen-bond acceptors (Lipinski definition) is 5. The summed E-state index contributed by atoms with van der Waals surface area (Å²) in [6.07, 6.45) is 12.8. The second kappa shape index (κ2) is 18.3. The van der Waals surface area contributed by atoms with Gasteiger partial charge in [-0.2, -0.15) is 0 Å². The number of carboxylic acids is 3. The lowest BCUT2D eigenvalue weighted by Crippen LogP contribution is -2.63. The Morgan fingerprint density at radius 2 is 0.971 bits per heavy atom. The number of carboxylic acid groups (broad SMARTS) is 3. The molecule has 0 rings (SSSR count). The molecule has 0 radical (unpaired) electrons. The van der Waals surface area contributed by atoms with Crippen LogP contribution < -0.4 is 0 Å². The molecule has 0 fully saturated rings. The Bertz CT molecular complexity index is 647. The zero-order valence-corrected chi connectivity index (χ0v) is 21.9. The molecule has 2 unspecified atom stereocenters. The maximum absolute atomic E-state index is 13.2. The number of aliphatic hydroxyl groups is 1. The van der Waals surface area contributed by atoms with Crippen LogP contribution in [-0.4, -0.2) is 49.7 Å². The molecular weight excluding hydrogens is 452 g/mol. The SMILES string of the molecule is CCCCCCCCCCCCCC(C(=O)O)(C(=O)CCCCCCC)C(O)(CC(=O)O)C(=O)O. The predicted molar refractivity (Wildman–Crippen MR) is 134 cm³/mol. The van der Waals surface area contributed by atoms with Crippen molar-refractivity contribution >= 4 is 23.7 Å². The smallest absolute Gasteiger partial charge is 0.338 e. The minimum absolute atomic E-state index is 0.205. The Labute approximate surface area is 210 Å². The summed E-state index contributed by atoms with van der Waals surface area (Å²) in [6.45, 7) is 4.21. The third-order valence-electron chi connectivity index (χ3n) is 6.97. The Balaban J connectivity index is 5.24. The summed E-state index contributed by atoms with van der Waals surface area (Å²) in [7, 11) is 0. The van der Waals surface area contributed by atoms with Gasteiger partial charge in [0.1, 0.15) is 0 Å². The second-order valence-corrected chi connectivity index (χ2v) is 9.82. The first-order chi connectivity index (χ1) is 16.6. The van der Waals surface area contributed by atoms with E-state index in [1.165, 1.54) is 32.1 Å². The monoisotopic (exact) mass is 500 g/mol. The quantitative estimate of drug-likeness (QED) is 0.0934. The molecule has 0 heterocycles. The van der Waals surface area contributed by atoms with Gasteiger partial charge in [-0.1, -0.05) is 110 Å². The number of unbranched alkanes of at least 4 members (excludes halogenated alkanes) is 14. The van der Waals surface area contributed by atoms with E-state index >= 15 is 0 Å². The summed E-state index contributed by atoms with van der Waals surface area (Å²) < 4.78 is 0. The minimum atomic E-state index is -3.22. The van der Waals surface area contributed by atoms with Gasteiger partial charge in [-0.25, -0.2) is 4.79 Å². The van der Waals surface area contributed by atoms with Crippen molar-refractivity contribution in [1.82, 2.24) is 0 Å². The fourth-order valence-electron chi connectivity index (χ4n) is 4.76. The lowest BCUT2D eigenvalue weighted by atomic mass is 9.63. The van der Waals surface area contributed by atoms with Gasteiger partial charge >= 0.3 is 17.9 Å². The van der Waals surface area contributed by atoms with E-state index in [0.717, 1.165) is 44.9 Å². The van der Waals surface area contributed by atoms with Crippen LogP contribution in [0.1, 0.15) is 136 Å². The molecule has 0 amide bonds. The normalized spacial score (nSPS) is 14.7. The van der Waals surface area contributed by atoms with Gasteiger partial charge in [0, 0.05) is 6.42 Å². The molecule has 0 aromatic heterocycles. The molecular formula is C27H48O8. The molecule has 8 nitrogen and oxygen atoms in total. The van der Waals surface area contributed by atoms with Crippen LogP contribution in [0.3, 0.4) is 0 Å². The molecule has 0 saturated carbocycles. The number of carbonyl (C=O) groups excluding carboxylic acids is 1. The lowest BCUT2D eigenvalue weighted by Gasteiger charge is -2.39. The first-order valence-corrected chi connectivity index (χ1v) is 13.5. The molecule has 0 aliphatic carbocycles. The number of aliphatic carboxylic acids is 3. The molecule has 0 spiro atoms. The average molecular weight is 501 g/mol. The maximum Gasteiger partial charge on any atom is 0.338 e. The molecule has 0 aromatic carbocycles. The lowest BCUT2D eigenvalue weighted by molar-refractivity contribution is -0.196. The van der Waals surface area contributed by atoms with E-state index in [-0.39, 0.29) is 12.8 Å². The highest BCUT2D eigenvalue weighted by Crippen LogP contribution is 2.43. The third kappa shape index (κ3) is 11.1. The Morgan fingerprint density at radius 1 is 0.571 bits per heavy atom. The summed E-state index contributed by atoms with van der Waals surface area (Å²) in [4.78, 5) is 49.0. The standard InChI is InChI=1S/C27H48O8/c1-3-5-7-9-10-11-12-13-14-16-18-20-26(24(31)32,22(28)19-17-15-8-6-4-2)27(35,25(33)34)21-23(29)30/h35H,3-21H2,1-2H3,(H,29,30)(H,31,32)(H,33,34). The highest BCUT2D eigenvalue weighted by molar-refractivity contribution is 6.09. The molecule has 0 aliphatic rings. The van der Waals surface area contributed by atoms with Crippen LogP contribution in [0.5, 0.6) is 0 Å². The average Bonchev–Trinajstić information content (AvgIpc) is 2.78. The highest BCUT2D eigenvalue weighted by atomic mass is 16.4. The Kier molecular flexibility index (Phi) is 17.3. The van der Waals surface area contributed by atoms with Crippen LogP contribution in [0.2, 0.25) is 0 Å². The van der Waals surface area contributed by atoms with Crippen LogP contribution in [0, 0.1) is 5.41 Å². The van der Waals surface area contributed by atoms with Gasteiger partial charge in [-0.15, -0.1) is 0 Å². The van der Waals surface area contributed by atoms with Gasteiger partial charge in [-0.05, 0) is 12.8 Å². The Hall–Kier alpha value is -1.96. The second-order valence-electron chi connectivity index (χ2n) is 9.82. The summed E-state index contributed by atoms with van der Waals surface area (Å²) in [5, 5.41) is 39.9. The van der Waals surface area contributed by atoms with Crippen molar-refractivity contribution < 1.29 is 39.6 Å². The number of Topliss-reactive ketones (excluding diaryl/α,β-unsaturated/α-hetero) is 1. The van der Waals surface area contributed by atoms with Gasteiger partial charge in [0.25, 0.3) is 0 Å². The molecule has 4 N–H and O–H groups in total. The van der Waals surface area contributed by atoms with Crippen molar-refractivity contribution in [2.24, 2.45) is 5.41 Å². The van der Waals surface area contributed by atoms with Crippen molar-refractivity contribution in [1.29, 1.82) is 0 Å². The van der Waals surface area contributed by atoms with Crippen molar-refractivity contribution in [3.05, 3.63) is 0 Å². The number of ketones is 1. The molecule has 2 atom stereocenters. The van der Waals surface area contributed by atoms with E-state index in [1.54, 1.807) is 0 Å². The predicted octanol–water partition coefficient (Wildman–Crippen LogP) is 5.98. The molecule has 204 valence electrons. The van der Waals surface area contributed by atoms with Crippen LogP contribution >= 0.6 is 0 Å². The number of hydrogen-bond donors (Lipinski definition) is 4. The molecule has 35 heavy (non-hydrogen) atoms. The van der Waals surface area contributed by atoms with Crippen molar-refractivity contribution in [2.75, 3.05) is 0 Å². The first kappa shape index (κ1) is 33.0. The minimum Gasteiger partial charge on any atom is -0.481 e. The summed E-state index contributed by atoms with van der Waals surface area (Å²) in [5.74, 6) is -6.34. The van der Waals surface area contributed by atoms with E-state index in [0.29, 0.717) is 19.3 Å². The van der Waals surface area contributed by atoms with Gasteiger partial charge in [0.05, 0.1) is 6.42 Å². The van der Waals surface area contributed by atoms with Crippen LogP contribution in [0.25, 0.3) is 0 Å². The summed E-state index contributed by atoms with van der Waals surface area (Å²) in [6, 6.07) is 0. The van der Waals surface area contributed by atoms with Gasteiger partial charge in [-0.3, -0.25) is 14.4 Å². The van der Waals surface area contributed by atoms with Crippen molar-refractivity contribution in [2.45, 2.75) is 141 Å². The zero-order chi connectivity index (χ0) is 26.7. The topological polar surface area (TPSA) is 149 Å². The Morgan fingerprint density at radius 3 is 1.34 bits per heavy atom. The maximum atomic E-state index is 13.2. The van der Waals surface area contributed by atoms with Crippen molar-refractivity contribution in [3.8, 4) is 0 Å². The number of rotatable bonds is 24. The van der Waals surface area contributed by atoms with Gasteiger partial charge < -0.3 is 20.4 Å². The van der Waals surface area contributed by atoms with E-state index < -0.39 is 47.5 Å². The van der Waals surface area contributed by atoms with Crippen molar-refractivity contribution in [3.63, 3.8) is 0 Å². The van der Waals surface area contributed by atoms with E-state index in [1.807, 2.05) is 6.92 Å². The first-order valence-electron chi connectivity index (χ1n) is 13.5. The highest BCUT2D eigenvalue weighted by Gasteiger charge is 2.65. The fraction of sp³-hybridized carbons (Fsp3) is 0.852. The number of carbonyl (C=O) groups is 4. The third-order valence-corrected chi connectivity index (χ3v) is 6.97. The molecule has 8 heteroatoms. The molecule has 0 aliphatic heterocycles. The molecule has 0 saturated heterocycles. The largest absolute Gasteiger partial charge is 0.481 e. The van der Waals surface area contributed by atoms with Gasteiger partial charge in [0.15, 0.2) is 16.8 Å². The van der Waals surface area contributed by atoms with E-state index in [2.05, 4.69) is 6.92 Å². The van der Waals surface area contributed by atoms with E-state index in [4.69, 9.17) is 0 Å². The summed E-state index contributed by atoms with van der Waals surface area (Å²) >= 11 is 0. The fourth-order valence-corrected chi connectivity index (χ4v) is 4.76.